The summed E-state index contributed by atoms with van der Waals surface area (Å²) in [5.74, 6) is 1.55. The Hall–Kier alpha value is -4.51. The molecule has 0 amide bonds. The van der Waals surface area contributed by atoms with E-state index in [1.807, 2.05) is 59.3 Å². The summed E-state index contributed by atoms with van der Waals surface area (Å²) in [6, 6.07) is 25.9. The normalized spacial score (nSPS) is 10.7. The van der Waals surface area contributed by atoms with Crippen LogP contribution < -0.4 is 23.7 Å². The Morgan fingerprint density at radius 3 is 1.95 bits per heavy atom. The number of aromatic nitrogens is 2. The monoisotopic (exact) mass is 662 g/mol. The van der Waals surface area contributed by atoms with Crippen LogP contribution in [-0.2, 0) is 0 Å². The molecule has 0 atom stereocenters. The molecule has 1 heterocycles. The summed E-state index contributed by atoms with van der Waals surface area (Å²) >= 11 is 2.26. The van der Waals surface area contributed by atoms with E-state index in [1.165, 1.54) is 14.2 Å². The van der Waals surface area contributed by atoms with Crippen molar-refractivity contribution in [2.45, 2.75) is 0 Å². The van der Waals surface area contributed by atoms with Crippen LogP contribution in [0.2, 0.25) is 0 Å². The first-order chi connectivity index (χ1) is 20.0. The molecular formula is C32H27IN2O6. The number of carbonyl (C=O) groups excluding carboxylic acids is 1. The molecule has 8 nitrogen and oxygen atoms in total. The number of rotatable bonds is 9. The summed E-state index contributed by atoms with van der Waals surface area (Å²) in [5.41, 5.74) is 4.11. The first-order valence-corrected chi connectivity index (χ1v) is 13.7. The second kappa shape index (κ2) is 12.3. The molecule has 9 heteroatoms. The Bertz CT molecular complexity index is 1690. The quantitative estimate of drug-likeness (QED) is 0.0950. The zero-order chi connectivity index (χ0) is 28.9. The number of para-hydroxylation sites is 1. The Kier molecular flexibility index (Phi) is 8.44. The van der Waals surface area contributed by atoms with E-state index in [2.05, 4.69) is 22.6 Å². The maximum Gasteiger partial charge on any atom is 0.343 e. The van der Waals surface area contributed by atoms with Gasteiger partial charge in [-0.3, -0.25) is 0 Å². The van der Waals surface area contributed by atoms with Crippen LogP contribution in [0.3, 0.4) is 0 Å². The molecule has 0 aliphatic carbocycles. The third kappa shape index (κ3) is 5.45. The Morgan fingerprint density at radius 2 is 1.32 bits per heavy atom. The molecule has 0 spiro atoms. The first-order valence-electron chi connectivity index (χ1n) is 12.6. The highest BCUT2D eigenvalue weighted by atomic mass is 127. The smallest absolute Gasteiger partial charge is 0.343 e. The van der Waals surface area contributed by atoms with Gasteiger partial charge in [0.15, 0.2) is 23.0 Å². The molecular weight excluding hydrogens is 635 g/mol. The van der Waals surface area contributed by atoms with Crippen molar-refractivity contribution in [3.8, 4) is 56.8 Å². The minimum Gasteiger partial charge on any atom is -0.493 e. The molecule has 0 aliphatic rings. The molecule has 5 aromatic rings. The lowest BCUT2D eigenvalue weighted by molar-refractivity contribution is 0.0730. The van der Waals surface area contributed by atoms with E-state index < -0.39 is 5.97 Å². The fourth-order valence-corrected chi connectivity index (χ4v) is 5.27. The lowest BCUT2D eigenvalue weighted by Crippen LogP contribution is -2.11. The van der Waals surface area contributed by atoms with Crippen LogP contribution in [0.25, 0.3) is 28.1 Å². The molecule has 0 N–H and O–H groups in total. The van der Waals surface area contributed by atoms with E-state index in [9.17, 15) is 4.79 Å². The largest absolute Gasteiger partial charge is 0.493 e. The number of esters is 1. The molecule has 0 bridgehead atoms. The number of hydrogen-bond donors (Lipinski definition) is 0. The van der Waals surface area contributed by atoms with Crippen molar-refractivity contribution in [3.63, 3.8) is 0 Å². The maximum absolute atomic E-state index is 13.3. The summed E-state index contributed by atoms with van der Waals surface area (Å²) < 4.78 is 31.3. The highest BCUT2D eigenvalue weighted by Crippen LogP contribution is 2.49. The molecule has 0 saturated carbocycles. The fraction of sp³-hybridized carbons (Fsp3) is 0.125. The predicted octanol–water partition coefficient (Wildman–Crippen LogP) is 7.06. The van der Waals surface area contributed by atoms with Crippen LogP contribution in [0.1, 0.15) is 10.4 Å². The second-order valence-electron chi connectivity index (χ2n) is 8.77. The van der Waals surface area contributed by atoms with Gasteiger partial charge in [0.05, 0.1) is 51.6 Å². The molecule has 0 aliphatic heterocycles. The summed E-state index contributed by atoms with van der Waals surface area (Å²) in [4.78, 5) is 13.3. The van der Waals surface area contributed by atoms with Gasteiger partial charge in [0, 0.05) is 20.3 Å². The van der Waals surface area contributed by atoms with Crippen molar-refractivity contribution in [1.82, 2.24) is 9.78 Å². The average molecular weight is 662 g/mol. The third-order valence-electron chi connectivity index (χ3n) is 6.49. The molecule has 0 radical (unpaired) electrons. The van der Waals surface area contributed by atoms with Gasteiger partial charge in [0.2, 0.25) is 5.75 Å². The highest BCUT2D eigenvalue weighted by molar-refractivity contribution is 14.1. The maximum atomic E-state index is 13.3. The zero-order valence-corrected chi connectivity index (χ0v) is 25.0. The summed E-state index contributed by atoms with van der Waals surface area (Å²) in [6.45, 7) is 0. The van der Waals surface area contributed by atoms with Gasteiger partial charge in [0.25, 0.3) is 0 Å². The number of halogens is 1. The number of hydrogen-bond acceptors (Lipinski definition) is 7. The third-order valence-corrected chi connectivity index (χ3v) is 7.39. The number of methoxy groups -OCH3 is 4. The standard InChI is InChI=1S/C32H27IN2O6/c1-37-26-16-15-22(30(31(26)40-4)41-32(36)20-11-7-5-8-12-20)29-24(19-34-35(29)21-13-9-6-10-14-21)23-17-27(38-2)28(39-3)18-25(23)33/h5-19H,1-4H3. The predicted molar refractivity (Wildman–Crippen MR) is 165 cm³/mol. The molecule has 0 saturated heterocycles. The van der Waals surface area contributed by atoms with Crippen LogP contribution in [0, 0.1) is 3.57 Å². The van der Waals surface area contributed by atoms with Gasteiger partial charge in [-0.25, -0.2) is 9.48 Å². The van der Waals surface area contributed by atoms with Gasteiger partial charge in [-0.2, -0.15) is 5.10 Å². The van der Waals surface area contributed by atoms with Crippen molar-refractivity contribution in [2.24, 2.45) is 0 Å². The molecule has 41 heavy (non-hydrogen) atoms. The molecule has 5 rings (SSSR count). The van der Waals surface area contributed by atoms with Gasteiger partial charge < -0.3 is 23.7 Å². The van der Waals surface area contributed by atoms with Crippen molar-refractivity contribution in [1.29, 1.82) is 0 Å². The van der Waals surface area contributed by atoms with E-state index in [-0.39, 0.29) is 11.5 Å². The summed E-state index contributed by atoms with van der Waals surface area (Å²) in [5, 5.41) is 4.78. The zero-order valence-electron chi connectivity index (χ0n) is 22.9. The average Bonchev–Trinajstić information content (AvgIpc) is 3.46. The number of benzene rings is 4. The number of ether oxygens (including phenoxy) is 5. The fourth-order valence-electron chi connectivity index (χ4n) is 4.54. The van der Waals surface area contributed by atoms with E-state index in [4.69, 9.17) is 28.8 Å². The Morgan fingerprint density at radius 1 is 0.683 bits per heavy atom. The highest BCUT2D eigenvalue weighted by Gasteiger charge is 2.27. The van der Waals surface area contributed by atoms with E-state index in [1.54, 1.807) is 50.7 Å². The van der Waals surface area contributed by atoms with Crippen LogP contribution in [0.5, 0.6) is 28.7 Å². The Balaban J connectivity index is 1.81. The molecule has 0 unspecified atom stereocenters. The Labute approximate surface area is 251 Å². The first kappa shape index (κ1) is 28.0. The minimum absolute atomic E-state index is 0.204. The van der Waals surface area contributed by atoms with Crippen LogP contribution in [0.4, 0.5) is 0 Å². The van der Waals surface area contributed by atoms with Crippen molar-refractivity contribution < 1.29 is 28.5 Å². The van der Waals surface area contributed by atoms with Gasteiger partial charge in [-0.05, 0) is 71.1 Å². The number of nitrogens with zero attached hydrogens (tertiary/aromatic N) is 2. The van der Waals surface area contributed by atoms with Gasteiger partial charge in [-0.1, -0.05) is 36.4 Å². The summed E-state index contributed by atoms with van der Waals surface area (Å²) in [6.07, 6.45) is 1.78. The van der Waals surface area contributed by atoms with E-state index >= 15 is 0 Å². The topological polar surface area (TPSA) is 81.0 Å². The molecule has 208 valence electrons. The summed E-state index contributed by atoms with van der Waals surface area (Å²) in [7, 11) is 6.24. The van der Waals surface area contributed by atoms with Gasteiger partial charge in [-0.15, -0.1) is 0 Å². The van der Waals surface area contributed by atoms with Crippen LogP contribution >= 0.6 is 22.6 Å². The van der Waals surface area contributed by atoms with Crippen molar-refractivity contribution in [2.75, 3.05) is 28.4 Å². The molecule has 1 aromatic heterocycles. The van der Waals surface area contributed by atoms with Crippen molar-refractivity contribution >= 4 is 28.6 Å². The minimum atomic E-state index is -0.536. The lowest BCUT2D eigenvalue weighted by atomic mass is 9.99. The SMILES string of the molecule is COc1cc(I)c(-c2cnn(-c3ccccc3)c2-c2ccc(OC)c(OC)c2OC(=O)c2ccccc2)cc1OC. The lowest BCUT2D eigenvalue weighted by Gasteiger charge is -2.19. The van der Waals surface area contributed by atoms with E-state index in [0.717, 1.165) is 20.4 Å². The molecule has 4 aromatic carbocycles. The van der Waals surface area contributed by atoms with Crippen LogP contribution in [0.15, 0.2) is 91.1 Å². The molecule has 0 fully saturated rings. The van der Waals surface area contributed by atoms with E-state index in [0.29, 0.717) is 34.1 Å². The van der Waals surface area contributed by atoms with Gasteiger partial charge >= 0.3 is 5.97 Å². The second-order valence-corrected chi connectivity index (χ2v) is 9.94. The number of carbonyl (C=O) groups is 1. The van der Waals surface area contributed by atoms with Crippen LogP contribution in [-0.4, -0.2) is 44.2 Å². The van der Waals surface area contributed by atoms with Gasteiger partial charge in [0.1, 0.15) is 0 Å². The van der Waals surface area contributed by atoms with Crippen molar-refractivity contribution in [3.05, 3.63) is 100 Å².